The molecular formula is C68H34N12. The van der Waals surface area contributed by atoms with Gasteiger partial charge in [0.25, 0.3) is 0 Å². The maximum atomic E-state index is 10.4. The molecule has 0 unspecified atom stereocenters. The molecule has 0 amide bonds. The van der Waals surface area contributed by atoms with E-state index in [9.17, 15) is 15.8 Å². The lowest BCUT2D eigenvalue weighted by Gasteiger charge is -2.19. The summed E-state index contributed by atoms with van der Waals surface area (Å²) in [6.45, 7) is 23.8. The minimum absolute atomic E-state index is 0.214. The first-order valence-electron chi connectivity index (χ1n) is 25.1. The van der Waals surface area contributed by atoms with Crippen molar-refractivity contribution in [2.45, 2.75) is 0 Å². The average Bonchev–Trinajstić information content (AvgIpc) is 4.12. The number of nitriles is 3. The van der Waals surface area contributed by atoms with Crippen LogP contribution in [0.25, 0.3) is 137 Å². The quantitative estimate of drug-likeness (QED) is 0.138. The Morgan fingerprint density at radius 2 is 0.863 bits per heavy atom. The largest absolute Gasteiger partial charge is 0.309 e. The van der Waals surface area contributed by atoms with Crippen molar-refractivity contribution in [3.63, 3.8) is 0 Å². The molecule has 0 N–H and O–H groups in total. The summed E-state index contributed by atoms with van der Waals surface area (Å²) in [7, 11) is 0. The summed E-state index contributed by atoms with van der Waals surface area (Å²) >= 11 is 0. The van der Waals surface area contributed by atoms with E-state index < -0.39 is 0 Å². The van der Waals surface area contributed by atoms with Crippen molar-refractivity contribution in [2.75, 3.05) is 0 Å². The molecule has 0 atom stereocenters. The lowest BCUT2D eigenvalue weighted by molar-refractivity contribution is 1.07. The molecule has 13 aromatic rings. The summed E-state index contributed by atoms with van der Waals surface area (Å²) < 4.78 is 4.42. The van der Waals surface area contributed by atoms with Crippen LogP contribution in [0.1, 0.15) is 16.7 Å². The average molecular weight is 1020 g/mol. The van der Waals surface area contributed by atoms with Crippen molar-refractivity contribution in [1.29, 1.82) is 15.8 Å². The number of pyridine rings is 1. The van der Waals surface area contributed by atoms with Crippen molar-refractivity contribution in [1.82, 2.24) is 29.1 Å². The summed E-state index contributed by atoms with van der Waals surface area (Å²) in [6.07, 6.45) is 3.65. The van der Waals surface area contributed by atoms with E-state index >= 15 is 0 Å². The number of rotatable bonds is 8. The van der Waals surface area contributed by atoms with E-state index in [0.717, 1.165) is 82.8 Å². The maximum absolute atomic E-state index is 10.4. The molecule has 4 heterocycles. The van der Waals surface area contributed by atoms with Gasteiger partial charge in [0.1, 0.15) is 0 Å². The molecule has 0 aliphatic heterocycles. The van der Waals surface area contributed by atoms with E-state index in [2.05, 4.69) is 78.3 Å². The van der Waals surface area contributed by atoms with Gasteiger partial charge in [0.15, 0.2) is 34.5 Å². The van der Waals surface area contributed by atoms with Gasteiger partial charge in [-0.2, -0.15) is 15.8 Å². The Morgan fingerprint density at radius 3 is 1.39 bits per heavy atom. The molecule has 12 heteroatoms. The second kappa shape index (κ2) is 19.4. The number of hydrogen-bond acceptors (Lipinski definition) is 7. The van der Waals surface area contributed by atoms with Gasteiger partial charge in [0.05, 0.1) is 88.7 Å². The Kier molecular flexibility index (Phi) is 11.5. The molecule has 4 aromatic heterocycles. The minimum atomic E-state index is 0.214. The second-order valence-electron chi connectivity index (χ2n) is 18.8. The van der Waals surface area contributed by atoms with Crippen LogP contribution in [0.3, 0.4) is 0 Å². The van der Waals surface area contributed by atoms with Crippen LogP contribution in [-0.2, 0) is 0 Å². The molecule has 0 saturated heterocycles. The fraction of sp³-hybridized carbons (Fsp3) is 0. The highest BCUT2D eigenvalue weighted by molar-refractivity contribution is 6.13. The van der Waals surface area contributed by atoms with Gasteiger partial charge in [0, 0.05) is 66.7 Å². The summed E-state index contributed by atoms with van der Waals surface area (Å²) in [5.41, 5.74) is 12.8. The molecule has 0 bridgehead atoms. The number of fused-ring (bicyclic) bond motifs is 6. The molecule has 0 radical (unpaired) electrons. The Balaban J connectivity index is 1.08. The van der Waals surface area contributed by atoms with Gasteiger partial charge < -0.3 is 9.13 Å². The van der Waals surface area contributed by atoms with Crippen LogP contribution in [0.4, 0.5) is 17.1 Å². The van der Waals surface area contributed by atoms with Crippen LogP contribution in [0.2, 0.25) is 0 Å². The fourth-order valence-electron chi connectivity index (χ4n) is 10.9. The monoisotopic (exact) mass is 1020 g/mol. The molecule has 12 nitrogen and oxygen atoms in total. The van der Waals surface area contributed by atoms with Crippen molar-refractivity contribution in [3.05, 3.63) is 257 Å². The fourth-order valence-corrected chi connectivity index (χ4v) is 10.9. The number of aromatic nitrogens is 6. The SMILES string of the molecule is [C-]#[N+]c1cc(C#N)c(-c2ccc3c(c2)c2ccccc2n3-c2cc(-c3nc(-c4ccccc4)nc(-c4ccccc4)n3)ccc2-c2ccncc2-n2c3ccccc3c3cc(-c4c([N+]#[C-])cc(C#N)cc4[N+]#[C-])ccc32)c(C#N)c1. The van der Waals surface area contributed by atoms with Gasteiger partial charge in [-0.05, 0) is 89.5 Å². The lowest BCUT2D eigenvalue weighted by Crippen LogP contribution is -2.04. The molecule has 0 saturated carbocycles. The number of hydrogen-bond donors (Lipinski definition) is 0. The van der Waals surface area contributed by atoms with E-state index in [1.165, 1.54) is 24.3 Å². The predicted molar refractivity (Wildman–Crippen MR) is 312 cm³/mol. The Bertz CT molecular complexity index is 4900. The van der Waals surface area contributed by atoms with Crippen LogP contribution < -0.4 is 0 Å². The number of nitrogens with zero attached hydrogens (tertiary/aromatic N) is 12. The van der Waals surface area contributed by atoms with Crippen LogP contribution in [0.15, 0.2) is 207 Å². The Hall–Kier alpha value is -12.3. The summed E-state index contributed by atoms with van der Waals surface area (Å²) in [5.74, 6) is 1.49. The van der Waals surface area contributed by atoms with Crippen LogP contribution >= 0.6 is 0 Å². The van der Waals surface area contributed by atoms with E-state index in [-0.39, 0.29) is 33.8 Å². The zero-order chi connectivity index (χ0) is 54.4. The highest BCUT2D eigenvalue weighted by Gasteiger charge is 2.25. The summed E-state index contributed by atoms with van der Waals surface area (Å²) in [5, 5.41) is 34.1. The maximum Gasteiger partial charge on any atom is 0.189 e. The van der Waals surface area contributed by atoms with Crippen LogP contribution in [0, 0.1) is 53.7 Å². The van der Waals surface area contributed by atoms with Gasteiger partial charge in [-0.25, -0.2) is 29.5 Å². The molecule has 0 fully saturated rings. The first-order chi connectivity index (χ1) is 39.4. The Labute approximate surface area is 458 Å². The van der Waals surface area contributed by atoms with Gasteiger partial charge >= 0.3 is 0 Å². The summed E-state index contributed by atoms with van der Waals surface area (Å²) in [6, 6.07) is 68.8. The molecule has 0 spiro atoms. The molecule has 366 valence electrons. The van der Waals surface area contributed by atoms with Gasteiger partial charge in [-0.1, -0.05) is 121 Å². The van der Waals surface area contributed by atoms with Crippen LogP contribution in [0.5, 0.6) is 0 Å². The summed E-state index contributed by atoms with van der Waals surface area (Å²) in [4.78, 5) is 31.2. The lowest BCUT2D eigenvalue weighted by atomic mass is 9.93. The normalized spacial score (nSPS) is 10.9. The van der Waals surface area contributed by atoms with Crippen molar-refractivity contribution < 1.29 is 0 Å². The first kappa shape index (κ1) is 47.4. The first-order valence-corrected chi connectivity index (χ1v) is 25.1. The minimum Gasteiger partial charge on any atom is -0.309 e. The molecule has 9 aromatic carbocycles. The zero-order valence-corrected chi connectivity index (χ0v) is 42.0. The van der Waals surface area contributed by atoms with E-state index in [1.807, 2.05) is 140 Å². The van der Waals surface area contributed by atoms with E-state index in [1.54, 1.807) is 6.20 Å². The zero-order valence-electron chi connectivity index (χ0n) is 42.0. The van der Waals surface area contributed by atoms with E-state index in [0.29, 0.717) is 39.7 Å². The number of benzene rings is 9. The third-order valence-electron chi connectivity index (χ3n) is 14.4. The molecule has 13 rings (SSSR count). The topological polar surface area (TPSA) is 146 Å². The second-order valence-corrected chi connectivity index (χ2v) is 18.8. The standard InChI is InChI=1S/C68H34N12/c1-72-49-32-47(38-70)64(48(33-49)39-71)44-23-26-60-54(34-44)50-18-10-12-20-58(50)79(60)62-36-46(68-77-66(42-14-6-4-7-15-42)76-67(78-68)43-16-8-5-9-17-43)22-25-52(62)53-28-29-75-40-63(53)80-59-21-13-11-19-51(59)55-35-45(24-27-61(55)80)65-56(73-2)30-41(37-69)31-57(65)74-3/h4-36,40H. The third-order valence-corrected chi connectivity index (χ3v) is 14.4. The highest BCUT2D eigenvalue weighted by Crippen LogP contribution is 2.46. The van der Waals surface area contributed by atoms with Crippen molar-refractivity contribution >= 4 is 60.7 Å². The van der Waals surface area contributed by atoms with Gasteiger partial charge in [0.2, 0.25) is 0 Å². The molecule has 80 heavy (non-hydrogen) atoms. The highest BCUT2D eigenvalue weighted by atomic mass is 15.0. The predicted octanol–water partition coefficient (Wildman–Crippen LogP) is 16.7. The van der Waals surface area contributed by atoms with E-state index in [4.69, 9.17) is 39.7 Å². The molecular weight excluding hydrogens is 985 g/mol. The Morgan fingerprint density at radius 1 is 0.388 bits per heavy atom. The van der Waals surface area contributed by atoms with Gasteiger partial charge in [-0.3, -0.25) is 4.98 Å². The molecule has 0 aliphatic rings. The molecule has 0 aliphatic carbocycles. The van der Waals surface area contributed by atoms with Crippen molar-refractivity contribution in [3.8, 4) is 97.1 Å². The van der Waals surface area contributed by atoms with Gasteiger partial charge in [-0.15, -0.1) is 0 Å². The third kappa shape index (κ3) is 7.80. The van der Waals surface area contributed by atoms with Crippen molar-refractivity contribution in [2.24, 2.45) is 0 Å². The number of para-hydroxylation sites is 2. The van der Waals surface area contributed by atoms with Crippen LogP contribution in [-0.4, -0.2) is 29.1 Å². The smallest absolute Gasteiger partial charge is 0.189 e.